The summed E-state index contributed by atoms with van der Waals surface area (Å²) in [5, 5.41) is 0. The summed E-state index contributed by atoms with van der Waals surface area (Å²) in [5.74, 6) is 0.869. The van der Waals surface area contributed by atoms with E-state index in [2.05, 4.69) is 25.1 Å². The van der Waals surface area contributed by atoms with Crippen molar-refractivity contribution in [2.24, 2.45) is 17.4 Å². The van der Waals surface area contributed by atoms with Gasteiger partial charge in [0.15, 0.2) is 0 Å². The Kier molecular flexibility index (Phi) is 4.19. The highest BCUT2D eigenvalue weighted by Crippen LogP contribution is 2.28. The topological polar surface area (TPSA) is 52.0 Å². The minimum atomic E-state index is 0.400. The summed E-state index contributed by atoms with van der Waals surface area (Å²) in [6.07, 6.45) is 5.17. The molecule has 17 heavy (non-hydrogen) atoms. The second kappa shape index (κ2) is 5.65. The third kappa shape index (κ3) is 2.70. The van der Waals surface area contributed by atoms with Crippen LogP contribution in [0.2, 0.25) is 0 Å². The zero-order valence-electron chi connectivity index (χ0n) is 10.8. The van der Waals surface area contributed by atoms with Crippen LogP contribution in [0.4, 0.5) is 0 Å². The van der Waals surface area contributed by atoms with Gasteiger partial charge in [-0.15, -0.1) is 0 Å². The Bertz CT molecular complexity index is 369. The molecule has 2 nitrogen and oxygen atoms in total. The van der Waals surface area contributed by atoms with E-state index in [1.807, 2.05) is 0 Å². The molecule has 1 atom stereocenters. The van der Waals surface area contributed by atoms with Crippen molar-refractivity contribution in [3.05, 3.63) is 34.9 Å². The largest absolute Gasteiger partial charge is 0.330 e. The fraction of sp³-hybridized carbons (Fsp3) is 0.600. The van der Waals surface area contributed by atoms with E-state index in [0.717, 1.165) is 0 Å². The number of hydrogen-bond donors (Lipinski definition) is 2. The number of benzene rings is 1. The molecule has 0 bridgehead atoms. The van der Waals surface area contributed by atoms with Crippen molar-refractivity contribution in [3.8, 4) is 0 Å². The maximum Gasteiger partial charge on any atom is -0.00310 e. The molecule has 2 rings (SSSR count). The number of fused-ring (bicyclic) bond motifs is 1. The summed E-state index contributed by atoms with van der Waals surface area (Å²) in [5.41, 5.74) is 16.1. The molecule has 0 saturated carbocycles. The predicted molar refractivity (Wildman–Crippen MR) is 73.1 cm³/mol. The first kappa shape index (κ1) is 12.6. The minimum absolute atomic E-state index is 0.400. The fourth-order valence-corrected chi connectivity index (χ4v) is 2.81. The van der Waals surface area contributed by atoms with E-state index < -0.39 is 0 Å². The van der Waals surface area contributed by atoms with Gasteiger partial charge in [0.05, 0.1) is 0 Å². The predicted octanol–water partition coefficient (Wildman–Crippen LogP) is 2.20. The molecule has 2 heteroatoms. The molecule has 1 unspecified atom stereocenters. The molecular formula is C15H24N2. The summed E-state index contributed by atoms with van der Waals surface area (Å²) in [7, 11) is 0. The highest BCUT2D eigenvalue weighted by molar-refractivity contribution is 5.35. The maximum atomic E-state index is 5.78. The van der Waals surface area contributed by atoms with Crippen molar-refractivity contribution in [1.29, 1.82) is 0 Å². The Labute approximate surface area is 104 Å². The quantitative estimate of drug-likeness (QED) is 0.836. The van der Waals surface area contributed by atoms with Crippen LogP contribution in [0, 0.1) is 5.92 Å². The van der Waals surface area contributed by atoms with Crippen LogP contribution in [0.25, 0.3) is 0 Å². The Morgan fingerprint density at radius 3 is 2.35 bits per heavy atom. The van der Waals surface area contributed by atoms with E-state index in [4.69, 9.17) is 11.5 Å². The van der Waals surface area contributed by atoms with Crippen molar-refractivity contribution in [2.45, 2.75) is 38.5 Å². The van der Waals surface area contributed by atoms with Crippen LogP contribution in [-0.4, -0.2) is 13.1 Å². The zero-order chi connectivity index (χ0) is 12.3. The molecule has 0 aliphatic heterocycles. The van der Waals surface area contributed by atoms with E-state index in [9.17, 15) is 0 Å². The van der Waals surface area contributed by atoms with E-state index in [-0.39, 0.29) is 0 Å². The normalized spacial score (nSPS) is 16.9. The summed E-state index contributed by atoms with van der Waals surface area (Å²) >= 11 is 0. The lowest BCUT2D eigenvalue weighted by molar-refractivity contribution is 0.466. The molecule has 0 radical (unpaired) electrons. The van der Waals surface area contributed by atoms with Crippen molar-refractivity contribution < 1.29 is 0 Å². The van der Waals surface area contributed by atoms with E-state index in [1.165, 1.54) is 31.2 Å². The van der Waals surface area contributed by atoms with Gasteiger partial charge in [-0.2, -0.15) is 0 Å². The smallest absolute Gasteiger partial charge is 0.00310 e. The van der Waals surface area contributed by atoms with E-state index >= 15 is 0 Å². The first-order valence-corrected chi connectivity index (χ1v) is 6.78. The number of rotatable bonds is 4. The molecule has 94 valence electrons. The first-order chi connectivity index (χ1) is 8.26. The molecule has 0 amide bonds. The number of nitrogens with two attached hydrogens (primary N) is 2. The Balaban J connectivity index is 2.21. The lowest BCUT2D eigenvalue weighted by atomic mass is 9.83. The van der Waals surface area contributed by atoms with Gasteiger partial charge < -0.3 is 11.5 Å². The molecule has 0 heterocycles. The highest BCUT2D eigenvalue weighted by atomic mass is 14.6. The third-order valence-electron chi connectivity index (χ3n) is 4.21. The SMILES string of the molecule is CC(c1ccc2c(c1)CCCC2)C(CN)CN. The number of aryl methyl sites for hydroxylation is 2. The van der Waals surface area contributed by atoms with E-state index in [0.29, 0.717) is 24.9 Å². The van der Waals surface area contributed by atoms with Crippen LogP contribution >= 0.6 is 0 Å². The highest BCUT2D eigenvalue weighted by Gasteiger charge is 2.18. The Morgan fingerprint density at radius 1 is 1.06 bits per heavy atom. The van der Waals surface area contributed by atoms with Gasteiger partial charge in [-0.3, -0.25) is 0 Å². The molecule has 1 aliphatic carbocycles. The molecule has 1 aromatic carbocycles. The van der Waals surface area contributed by atoms with Crippen molar-refractivity contribution >= 4 is 0 Å². The van der Waals surface area contributed by atoms with Gasteiger partial charge in [0, 0.05) is 0 Å². The van der Waals surface area contributed by atoms with Gasteiger partial charge in [0.1, 0.15) is 0 Å². The second-order valence-electron chi connectivity index (χ2n) is 5.26. The van der Waals surface area contributed by atoms with Gasteiger partial charge in [0.2, 0.25) is 0 Å². The first-order valence-electron chi connectivity index (χ1n) is 6.78. The maximum absolute atomic E-state index is 5.78. The molecular weight excluding hydrogens is 208 g/mol. The lowest BCUT2D eigenvalue weighted by Gasteiger charge is -2.24. The molecule has 4 N–H and O–H groups in total. The summed E-state index contributed by atoms with van der Waals surface area (Å²) < 4.78 is 0. The average molecular weight is 232 g/mol. The van der Waals surface area contributed by atoms with Crippen molar-refractivity contribution in [3.63, 3.8) is 0 Å². The molecule has 1 aromatic rings. The van der Waals surface area contributed by atoms with Crippen LogP contribution in [0.5, 0.6) is 0 Å². The zero-order valence-corrected chi connectivity index (χ0v) is 10.8. The summed E-state index contributed by atoms with van der Waals surface area (Å²) in [6, 6.07) is 6.97. The van der Waals surface area contributed by atoms with Crippen LogP contribution in [0.15, 0.2) is 18.2 Å². The molecule has 1 aliphatic rings. The Morgan fingerprint density at radius 2 is 1.71 bits per heavy atom. The standard InChI is InChI=1S/C15H24N2/c1-11(15(9-16)10-17)13-7-6-12-4-2-3-5-14(12)8-13/h6-8,11,15H,2-5,9-10,16-17H2,1H3. The van der Waals surface area contributed by atoms with Gasteiger partial charge in [-0.1, -0.05) is 25.1 Å². The van der Waals surface area contributed by atoms with Gasteiger partial charge in [0.25, 0.3) is 0 Å². The van der Waals surface area contributed by atoms with Gasteiger partial charge >= 0.3 is 0 Å². The monoisotopic (exact) mass is 232 g/mol. The summed E-state index contributed by atoms with van der Waals surface area (Å²) in [6.45, 7) is 3.60. The van der Waals surface area contributed by atoms with Gasteiger partial charge in [-0.25, -0.2) is 0 Å². The average Bonchev–Trinajstić information content (AvgIpc) is 2.39. The third-order valence-corrected chi connectivity index (χ3v) is 4.21. The Hall–Kier alpha value is -0.860. The van der Waals surface area contributed by atoms with Crippen LogP contribution in [-0.2, 0) is 12.8 Å². The number of hydrogen-bond acceptors (Lipinski definition) is 2. The van der Waals surface area contributed by atoms with Gasteiger partial charge in [-0.05, 0) is 67.3 Å². The molecule has 0 spiro atoms. The van der Waals surface area contributed by atoms with E-state index in [1.54, 1.807) is 11.1 Å². The van der Waals surface area contributed by atoms with Crippen LogP contribution in [0.3, 0.4) is 0 Å². The van der Waals surface area contributed by atoms with Crippen molar-refractivity contribution in [1.82, 2.24) is 0 Å². The lowest BCUT2D eigenvalue weighted by Crippen LogP contribution is -2.28. The minimum Gasteiger partial charge on any atom is -0.330 e. The van der Waals surface area contributed by atoms with Crippen LogP contribution in [0.1, 0.15) is 42.4 Å². The molecule has 0 aromatic heterocycles. The second-order valence-corrected chi connectivity index (χ2v) is 5.26. The molecule has 0 fully saturated rings. The van der Waals surface area contributed by atoms with Crippen LogP contribution < -0.4 is 11.5 Å². The molecule has 0 saturated heterocycles. The summed E-state index contributed by atoms with van der Waals surface area (Å²) in [4.78, 5) is 0. The fourth-order valence-electron chi connectivity index (χ4n) is 2.81. The van der Waals surface area contributed by atoms with Crippen molar-refractivity contribution in [2.75, 3.05) is 13.1 Å².